The summed E-state index contributed by atoms with van der Waals surface area (Å²) in [6.45, 7) is 1.17. The molecule has 0 spiro atoms. The van der Waals surface area contributed by atoms with Gasteiger partial charge in [-0.15, -0.1) is 0 Å². The lowest BCUT2D eigenvalue weighted by molar-refractivity contribution is 0.900. The molecule has 5 N–H and O–H groups in total. The zero-order valence-electron chi connectivity index (χ0n) is 7.96. The number of hydrogen-bond acceptors (Lipinski definition) is 3. The lowest BCUT2D eigenvalue weighted by Crippen LogP contribution is -2.03. The van der Waals surface area contributed by atoms with Crippen molar-refractivity contribution in [3.8, 4) is 0 Å². The molecule has 1 heterocycles. The molecule has 0 aliphatic carbocycles. The van der Waals surface area contributed by atoms with Crippen LogP contribution >= 0.6 is 0 Å². The van der Waals surface area contributed by atoms with Gasteiger partial charge in [-0.2, -0.15) is 0 Å². The molecule has 0 radical (unpaired) electrons. The number of nitrogens with one attached hydrogen (secondary N) is 1. The van der Waals surface area contributed by atoms with E-state index in [1.165, 1.54) is 0 Å². The van der Waals surface area contributed by atoms with Crippen molar-refractivity contribution >= 4 is 11.0 Å². The summed E-state index contributed by atoms with van der Waals surface area (Å²) in [5, 5.41) is 0. The van der Waals surface area contributed by atoms with Crippen LogP contribution in [-0.4, -0.2) is 16.5 Å². The monoisotopic (exact) mass is 190 g/mol. The number of nitrogens with zero attached hydrogens (tertiary/aromatic N) is 1. The normalized spacial score (nSPS) is 11.0. The summed E-state index contributed by atoms with van der Waals surface area (Å²) < 4.78 is 0. The lowest BCUT2D eigenvalue weighted by atomic mass is 10.2. The second-order valence-corrected chi connectivity index (χ2v) is 3.28. The van der Waals surface area contributed by atoms with Crippen LogP contribution in [0.5, 0.6) is 0 Å². The van der Waals surface area contributed by atoms with Crippen LogP contribution in [0.1, 0.15) is 11.4 Å². The maximum Gasteiger partial charge on any atom is 0.108 e. The molecule has 0 unspecified atom stereocenters. The van der Waals surface area contributed by atoms with Gasteiger partial charge in [0.25, 0.3) is 0 Å². The molecular weight excluding hydrogens is 176 g/mol. The van der Waals surface area contributed by atoms with Gasteiger partial charge in [0, 0.05) is 13.0 Å². The average Bonchev–Trinajstić information content (AvgIpc) is 2.59. The predicted octanol–water partition coefficient (Wildman–Crippen LogP) is 0.523. The number of H-pyrrole nitrogens is 1. The van der Waals surface area contributed by atoms with Crippen molar-refractivity contribution in [2.75, 3.05) is 6.54 Å². The fourth-order valence-electron chi connectivity index (χ4n) is 1.49. The molecule has 1 aromatic heterocycles. The smallest absolute Gasteiger partial charge is 0.108 e. The van der Waals surface area contributed by atoms with Crippen molar-refractivity contribution in [2.45, 2.75) is 13.0 Å². The molecule has 2 aromatic rings. The fraction of sp³-hybridized carbons (Fsp3) is 0.300. The van der Waals surface area contributed by atoms with E-state index in [0.29, 0.717) is 13.1 Å². The van der Waals surface area contributed by atoms with Gasteiger partial charge >= 0.3 is 0 Å². The third kappa shape index (κ3) is 1.62. The maximum atomic E-state index is 5.55. The van der Waals surface area contributed by atoms with E-state index in [2.05, 4.69) is 9.97 Å². The summed E-state index contributed by atoms with van der Waals surface area (Å²) in [7, 11) is 0. The van der Waals surface area contributed by atoms with Crippen molar-refractivity contribution in [3.63, 3.8) is 0 Å². The van der Waals surface area contributed by atoms with Gasteiger partial charge in [-0.3, -0.25) is 0 Å². The Morgan fingerprint density at radius 3 is 2.86 bits per heavy atom. The van der Waals surface area contributed by atoms with Crippen LogP contribution < -0.4 is 11.5 Å². The Hall–Kier alpha value is -1.39. The first-order valence-corrected chi connectivity index (χ1v) is 4.71. The molecule has 0 fully saturated rings. The molecule has 0 saturated carbocycles. The third-order valence-electron chi connectivity index (χ3n) is 2.21. The van der Waals surface area contributed by atoms with Gasteiger partial charge in [-0.1, -0.05) is 6.07 Å². The van der Waals surface area contributed by atoms with E-state index in [1.807, 2.05) is 18.2 Å². The first-order chi connectivity index (χ1) is 6.83. The van der Waals surface area contributed by atoms with E-state index in [4.69, 9.17) is 11.5 Å². The van der Waals surface area contributed by atoms with Crippen LogP contribution in [0.15, 0.2) is 18.2 Å². The Labute approximate surface area is 82.3 Å². The van der Waals surface area contributed by atoms with E-state index in [1.54, 1.807) is 0 Å². The highest BCUT2D eigenvalue weighted by atomic mass is 14.9. The highest BCUT2D eigenvalue weighted by Crippen LogP contribution is 2.13. The zero-order chi connectivity index (χ0) is 9.97. The van der Waals surface area contributed by atoms with Crippen LogP contribution in [0, 0.1) is 0 Å². The van der Waals surface area contributed by atoms with Crippen molar-refractivity contribution < 1.29 is 0 Å². The molecule has 0 saturated heterocycles. The standard InChI is InChI=1S/C10H14N4/c11-4-3-10-13-8-2-1-7(6-12)5-9(8)14-10/h1-2,5H,3-4,6,11-12H2,(H,13,14). The summed E-state index contributed by atoms with van der Waals surface area (Å²) in [5.41, 5.74) is 14.1. The highest BCUT2D eigenvalue weighted by Gasteiger charge is 2.01. The molecular formula is C10H14N4. The number of rotatable bonds is 3. The predicted molar refractivity (Wildman–Crippen MR) is 56.7 cm³/mol. The summed E-state index contributed by atoms with van der Waals surface area (Å²) in [6.07, 6.45) is 0.784. The maximum absolute atomic E-state index is 5.55. The summed E-state index contributed by atoms with van der Waals surface area (Å²) in [5.74, 6) is 0.941. The molecule has 14 heavy (non-hydrogen) atoms. The quantitative estimate of drug-likeness (QED) is 0.660. The lowest BCUT2D eigenvalue weighted by Gasteiger charge is -1.94. The highest BCUT2D eigenvalue weighted by molar-refractivity contribution is 5.75. The van der Waals surface area contributed by atoms with Gasteiger partial charge in [0.1, 0.15) is 5.82 Å². The topological polar surface area (TPSA) is 80.7 Å². The van der Waals surface area contributed by atoms with Gasteiger partial charge in [0.2, 0.25) is 0 Å². The van der Waals surface area contributed by atoms with Crippen molar-refractivity contribution in [3.05, 3.63) is 29.6 Å². The summed E-state index contributed by atoms with van der Waals surface area (Å²) in [4.78, 5) is 7.63. The van der Waals surface area contributed by atoms with E-state index in [9.17, 15) is 0 Å². The number of hydrogen-bond donors (Lipinski definition) is 3. The van der Waals surface area contributed by atoms with Crippen LogP contribution in [0.4, 0.5) is 0 Å². The van der Waals surface area contributed by atoms with Gasteiger partial charge in [0.15, 0.2) is 0 Å². The second-order valence-electron chi connectivity index (χ2n) is 3.28. The number of aromatic amines is 1. The fourth-order valence-corrected chi connectivity index (χ4v) is 1.49. The Morgan fingerprint density at radius 1 is 1.29 bits per heavy atom. The van der Waals surface area contributed by atoms with Crippen molar-refractivity contribution in [1.82, 2.24) is 9.97 Å². The number of benzene rings is 1. The average molecular weight is 190 g/mol. The number of aromatic nitrogens is 2. The van der Waals surface area contributed by atoms with Gasteiger partial charge < -0.3 is 16.5 Å². The first kappa shape index (κ1) is 9.18. The number of imidazole rings is 1. The van der Waals surface area contributed by atoms with Crippen LogP contribution in [0.2, 0.25) is 0 Å². The van der Waals surface area contributed by atoms with E-state index in [0.717, 1.165) is 28.8 Å². The molecule has 4 heteroatoms. The number of nitrogens with two attached hydrogens (primary N) is 2. The van der Waals surface area contributed by atoms with Crippen molar-refractivity contribution in [2.24, 2.45) is 11.5 Å². The summed E-state index contributed by atoms with van der Waals surface area (Å²) >= 11 is 0. The van der Waals surface area contributed by atoms with Gasteiger partial charge in [-0.25, -0.2) is 4.98 Å². The van der Waals surface area contributed by atoms with Crippen LogP contribution in [0.3, 0.4) is 0 Å². The molecule has 0 aliphatic rings. The van der Waals surface area contributed by atoms with Crippen molar-refractivity contribution in [1.29, 1.82) is 0 Å². The molecule has 0 amide bonds. The Bertz CT molecular complexity index is 433. The molecule has 1 aromatic carbocycles. The third-order valence-corrected chi connectivity index (χ3v) is 2.21. The minimum absolute atomic E-state index is 0.557. The molecule has 2 rings (SSSR count). The minimum Gasteiger partial charge on any atom is -0.342 e. The molecule has 0 bridgehead atoms. The Kier molecular flexibility index (Phi) is 2.47. The largest absolute Gasteiger partial charge is 0.342 e. The van der Waals surface area contributed by atoms with Gasteiger partial charge in [-0.05, 0) is 24.2 Å². The van der Waals surface area contributed by atoms with E-state index >= 15 is 0 Å². The molecule has 0 atom stereocenters. The van der Waals surface area contributed by atoms with Crippen LogP contribution in [-0.2, 0) is 13.0 Å². The van der Waals surface area contributed by atoms with E-state index < -0.39 is 0 Å². The van der Waals surface area contributed by atoms with Gasteiger partial charge in [0.05, 0.1) is 11.0 Å². The molecule has 4 nitrogen and oxygen atoms in total. The molecule has 0 aliphatic heterocycles. The molecule has 74 valence electrons. The zero-order valence-corrected chi connectivity index (χ0v) is 7.96. The van der Waals surface area contributed by atoms with Crippen LogP contribution in [0.25, 0.3) is 11.0 Å². The Balaban J connectivity index is 2.43. The number of fused-ring (bicyclic) bond motifs is 1. The SMILES string of the molecule is NCCc1nc2ccc(CN)cc2[nH]1. The first-order valence-electron chi connectivity index (χ1n) is 4.71. The second kappa shape index (κ2) is 3.77. The minimum atomic E-state index is 0.557. The summed E-state index contributed by atoms with van der Waals surface area (Å²) in [6, 6.07) is 6.01. The van der Waals surface area contributed by atoms with E-state index in [-0.39, 0.29) is 0 Å². The Morgan fingerprint density at radius 2 is 2.14 bits per heavy atom.